The van der Waals surface area contributed by atoms with Crippen LogP contribution < -0.4 is 5.32 Å². The third kappa shape index (κ3) is 1.84. The molecule has 0 saturated carbocycles. The number of hydrogen-bond donors (Lipinski definition) is 1. The van der Waals surface area contributed by atoms with Crippen molar-refractivity contribution in [1.29, 1.82) is 0 Å². The molecule has 0 amide bonds. The van der Waals surface area contributed by atoms with Crippen LogP contribution in [-0.2, 0) is 7.05 Å². The van der Waals surface area contributed by atoms with E-state index in [-0.39, 0.29) is 0 Å². The molecule has 1 fully saturated rings. The molecule has 0 aliphatic carbocycles. The summed E-state index contributed by atoms with van der Waals surface area (Å²) in [7, 11) is 4.39. The number of aromatic nitrogens is 1. The fourth-order valence-electron chi connectivity index (χ4n) is 2.95. The first-order chi connectivity index (χ1) is 8.66. The number of piperazine rings is 1. The molecule has 3 heteroatoms. The molecule has 2 aromatic rings. The molecular weight excluding hydrogens is 222 g/mol. The van der Waals surface area contributed by atoms with Crippen molar-refractivity contribution in [3.63, 3.8) is 0 Å². The van der Waals surface area contributed by atoms with Gasteiger partial charge in [-0.15, -0.1) is 0 Å². The van der Waals surface area contributed by atoms with E-state index in [1.807, 2.05) is 0 Å². The fourth-order valence-corrected chi connectivity index (χ4v) is 2.95. The first-order valence-corrected chi connectivity index (χ1v) is 6.64. The lowest BCUT2D eigenvalue weighted by Crippen LogP contribution is -2.44. The molecule has 1 aromatic carbocycles. The second kappa shape index (κ2) is 4.41. The van der Waals surface area contributed by atoms with Crippen LogP contribution in [0.4, 0.5) is 0 Å². The van der Waals surface area contributed by atoms with Gasteiger partial charge in [-0.2, -0.15) is 0 Å². The minimum absolute atomic E-state index is 0.483. The molecule has 0 bridgehead atoms. The second-order valence-electron chi connectivity index (χ2n) is 5.39. The summed E-state index contributed by atoms with van der Waals surface area (Å²) in [6, 6.07) is 9.52. The topological polar surface area (TPSA) is 20.2 Å². The van der Waals surface area contributed by atoms with E-state index in [1.165, 1.54) is 22.2 Å². The SMILES string of the molecule is Cc1ccc2c(c1)cc(C1CNCCN1C)n2C. The lowest BCUT2D eigenvalue weighted by molar-refractivity contribution is 0.196. The normalized spacial score (nSPS) is 21.6. The van der Waals surface area contributed by atoms with E-state index >= 15 is 0 Å². The molecular formula is C15H21N3. The van der Waals surface area contributed by atoms with E-state index in [0.29, 0.717) is 6.04 Å². The van der Waals surface area contributed by atoms with Gasteiger partial charge < -0.3 is 9.88 Å². The van der Waals surface area contributed by atoms with Crippen LogP contribution in [0.25, 0.3) is 10.9 Å². The highest BCUT2D eigenvalue weighted by Crippen LogP contribution is 2.27. The molecule has 1 atom stereocenters. The highest BCUT2D eigenvalue weighted by molar-refractivity contribution is 5.82. The summed E-state index contributed by atoms with van der Waals surface area (Å²) < 4.78 is 2.34. The smallest absolute Gasteiger partial charge is 0.0624 e. The number of likely N-dealkylation sites (N-methyl/N-ethyl adjacent to an activating group) is 1. The van der Waals surface area contributed by atoms with E-state index in [2.05, 4.69) is 60.1 Å². The molecule has 1 aliphatic rings. The molecule has 3 rings (SSSR count). The Morgan fingerprint density at radius 1 is 1.22 bits per heavy atom. The largest absolute Gasteiger partial charge is 0.346 e. The van der Waals surface area contributed by atoms with E-state index in [1.54, 1.807) is 0 Å². The van der Waals surface area contributed by atoms with Crippen molar-refractivity contribution in [2.75, 3.05) is 26.7 Å². The molecule has 1 saturated heterocycles. The minimum atomic E-state index is 0.483. The predicted molar refractivity (Wildman–Crippen MR) is 75.9 cm³/mol. The number of hydrogen-bond acceptors (Lipinski definition) is 2. The molecule has 1 N–H and O–H groups in total. The molecule has 0 spiro atoms. The molecule has 0 radical (unpaired) electrons. The minimum Gasteiger partial charge on any atom is -0.346 e. The summed E-state index contributed by atoms with van der Waals surface area (Å²) in [5.74, 6) is 0. The quantitative estimate of drug-likeness (QED) is 0.827. The Labute approximate surface area is 108 Å². The highest BCUT2D eigenvalue weighted by Gasteiger charge is 2.23. The van der Waals surface area contributed by atoms with Gasteiger partial charge in [0, 0.05) is 43.3 Å². The van der Waals surface area contributed by atoms with Crippen molar-refractivity contribution in [3.8, 4) is 0 Å². The Bertz CT molecular complexity index is 570. The first-order valence-electron chi connectivity index (χ1n) is 6.64. The molecule has 1 aliphatic heterocycles. The zero-order valence-electron chi connectivity index (χ0n) is 11.4. The monoisotopic (exact) mass is 243 g/mol. The first kappa shape index (κ1) is 11.8. The maximum Gasteiger partial charge on any atom is 0.0624 e. The van der Waals surface area contributed by atoms with Crippen LogP contribution in [0.5, 0.6) is 0 Å². The molecule has 1 aromatic heterocycles. The third-order valence-corrected chi connectivity index (χ3v) is 4.09. The Kier molecular flexibility index (Phi) is 2.88. The Balaban J connectivity index is 2.08. The van der Waals surface area contributed by atoms with E-state index in [9.17, 15) is 0 Å². The zero-order chi connectivity index (χ0) is 12.7. The van der Waals surface area contributed by atoms with Crippen molar-refractivity contribution in [2.24, 2.45) is 7.05 Å². The molecule has 96 valence electrons. The van der Waals surface area contributed by atoms with Gasteiger partial charge in [0.05, 0.1) is 6.04 Å². The van der Waals surface area contributed by atoms with Gasteiger partial charge in [-0.1, -0.05) is 11.6 Å². The zero-order valence-corrected chi connectivity index (χ0v) is 11.4. The Morgan fingerprint density at radius 3 is 2.83 bits per heavy atom. The van der Waals surface area contributed by atoms with Gasteiger partial charge in [0.25, 0.3) is 0 Å². The van der Waals surface area contributed by atoms with E-state index < -0.39 is 0 Å². The summed E-state index contributed by atoms with van der Waals surface area (Å²) >= 11 is 0. The third-order valence-electron chi connectivity index (χ3n) is 4.09. The van der Waals surface area contributed by atoms with E-state index in [4.69, 9.17) is 0 Å². The van der Waals surface area contributed by atoms with Crippen molar-refractivity contribution >= 4 is 10.9 Å². The lowest BCUT2D eigenvalue weighted by Gasteiger charge is -2.33. The van der Waals surface area contributed by atoms with Gasteiger partial charge in [-0.25, -0.2) is 0 Å². The van der Waals surface area contributed by atoms with Crippen LogP contribution in [-0.4, -0.2) is 36.1 Å². The summed E-state index contributed by atoms with van der Waals surface area (Å²) in [4.78, 5) is 2.44. The van der Waals surface area contributed by atoms with Crippen molar-refractivity contribution in [1.82, 2.24) is 14.8 Å². The average Bonchev–Trinajstić information content (AvgIpc) is 2.67. The number of nitrogens with zero attached hydrogens (tertiary/aromatic N) is 2. The van der Waals surface area contributed by atoms with Gasteiger partial charge in [0.15, 0.2) is 0 Å². The summed E-state index contributed by atoms with van der Waals surface area (Å²) in [5, 5.41) is 4.84. The summed E-state index contributed by atoms with van der Waals surface area (Å²) in [6.07, 6.45) is 0. The Morgan fingerprint density at radius 2 is 2.06 bits per heavy atom. The lowest BCUT2D eigenvalue weighted by atomic mass is 10.1. The molecule has 3 nitrogen and oxygen atoms in total. The second-order valence-corrected chi connectivity index (χ2v) is 5.39. The van der Waals surface area contributed by atoms with Crippen LogP contribution >= 0.6 is 0 Å². The number of nitrogens with one attached hydrogen (secondary N) is 1. The maximum atomic E-state index is 3.49. The fraction of sp³-hybridized carbons (Fsp3) is 0.467. The van der Waals surface area contributed by atoms with E-state index in [0.717, 1.165) is 19.6 Å². The van der Waals surface area contributed by atoms with Gasteiger partial charge in [-0.05, 0) is 32.2 Å². The van der Waals surface area contributed by atoms with Crippen molar-refractivity contribution in [2.45, 2.75) is 13.0 Å². The van der Waals surface area contributed by atoms with Crippen LogP contribution in [0.3, 0.4) is 0 Å². The van der Waals surface area contributed by atoms with Crippen LogP contribution in [0.2, 0.25) is 0 Å². The molecule has 2 heterocycles. The van der Waals surface area contributed by atoms with Gasteiger partial charge in [0.1, 0.15) is 0 Å². The van der Waals surface area contributed by atoms with Crippen LogP contribution in [0.15, 0.2) is 24.3 Å². The van der Waals surface area contributed by atoms with Crippen LogP contribution in [0.1, 0.15) is 17.3 Å². The molecule has 1 unspecified atom stereocenters. The van der Waals surface area contributed by atoms with Gasteiger partial charge in [-0.3, -0.25) is 4.90 Å². The summed E-state index contributed by atoms with van der Waals surface area (Å²) in [5.41, 5.74) is 4.06. The average molecular weight is 243 g/mol. The van der Waals surface area contributed by atoms with Crippen molar-refractivity contribution < 1.29 is 0 Å². The number of rotatable bonds is 1. The van der Waals surface area contributed by atoms with Crippen molar-refractivity contribution in [3.05, 3.63) is 35.5 Å². The highest BCUT2D eigenvalue weighted by atomic mass is 15.2. The maximum absolute atomic E-state index is 3.49. The van der Waals surface area contributed by atoms with Gasteiger partial charge >= 0.3 is 0 Å². The number of aryl methyl sites for hydroxylation is 2. The Hall–Kier alpha value is -1.32. The van der Waals surface area contributed by atoms with Crippen LogP contribution in [0, 0.1) is 6.92 Å². The molecule has 18 heavy (non-hydrogen) atoms. The van der Waals surface area contributed by atoms with Gasteiger partial charge in [0.2, 0.25) is 0 Å². The number of benzene rings is 1. The predicted octanol–water partition coefficient (Wildman–Crippen LogP) is 2.06. The summed E-state index contributed by atoms with van der Waals surface area (Å²) in [6.45, 7) is 5.40. The standard InChI is InChI=1S/C15H21N3/c1-11-4-5-13-12(8-11)9-14(18(13)3)15-10-16-6-7-17(15)2/h4-5,8-9,15-16H,6-7,10H2,1-3H3. The number of fused-ring (bicyclic) bond motifs is 1.